The molecule has 3 rings (SSSR count). The molecule has 3 aromatic rings. The van der Waals surface area contributed by atoms with E-state index in [0.717, 1.165) is 10.3 Å². The monoisotopic (exact) mass is 372 g/mol. The normalized spacial score (nSPS) is 11.1. The van der Waals surface area contributed by atoms with Crippen LogP contribution < -0.4 is 16.6 Å². The van der Waals surface area contributed by atoms with Gasteiger partial charge in [-0.2, -0.15) is 0 Å². The Balaban J connectivity index is 2.04. The molecule has 142 valence electrons. The second kappa shape index (κ2) is 6.86. The molecule has 1 aromatic carbocycles. The number of rotatable bonds is 4. The zero-order valence-corrected chi connectivity index (χ0v) is 15.7. The standard InChI is InChI=1S/C19H21FN4O3/c1-5-23-18(26)17-15(8-12(3)22(17)4)24(19(23)27)10-16(25)21-13-7-6-11(2)14(20)9-13/h6-9H,5,10H2,1-4H3,(H,21,25). The van der Waals surface area contributed by atoms with Crippen LogP contribution >= 0.6 is 0 Å². The number of hydrogen-bond donors (Lipinski definition) is 1. The number of benzene rings is 1. The summed E-state index contributed by atoms with van der Waals surface area (Å²) < 4.78 is 17.7. The predicted octanol–water partition coefficient (Wildman–Crippen LogP) is 1.92. The minimum absolute atomic E-state index is 0.197. The first-order valence-electron chi connectivity index (χ1n) is 8.60. The minimum atomic E-state index is -0.550. The SMILES string of the molecule is CCn1c(=O)c2c(cc(C)n2C)n(CC(=O)Nc2ccc(C)c(F)c2)c1=O. The molecule has 0 unspecified atom stereocenters. The van der Waals surface area contributed by atoms with Crippen LogP contribution in [-0.2, 0) is 24.9 Å². The number of amides is 1. The topological polar surface area (TPSA) is 78.0 Å². The molecule has 0 bridgehead atoms. The van der Waals surface area contributed by atoms with Crippen molar-refractivity contribution in [1.82, 2.24) is 13.7 Å². The van der Waals surface area contributed by atoms with Crippen LogP contribution in [0, 0.1) is 19.7 Å². The summed E-state index contributed by atoms with van der Waals surface area (Å²) in [6.45, 7) is 5.06. The van der Waals surface area contributed by atoms with Gasteiger partial charge in [0.15, 0.2) is 0 Å². The summed E-state index contributed by atoms with van der Waals surface area (Å²) in [6.07, 6.45) is 0. The molecule has 7 nitrogen and oxygen atoms in total. The summed E-state index contributed by atoms with van der Waals surface area (Å²) in [4.78, 5) is 37.8. The van der Waals surface area contributed by atoms with Crippen LogP contribution in [0.3, 0.4) is 0 Å². The van der Waals surface area contributed by atoms with Gasteiger partial charge in [-0.1, -0.05) is 6.07 Å². The molecular weight excluding hydrogens is 351 g/mol. The van der Waals surface area contributed by atoms with Gasteiger partial charge in [-0.15, -0.1) is 0 Å². The van der Waals surface area contributed by atoms with Gasteiger partial charge < -0.3 is 9.88 Å². The van der Waals surface area contributed by atoms with Crippen molar-refractivity contribution in [1.29, 1.82) is 0 Å². The molecule has 2 aromatic heterocycles. The zero-order chi connectivity index (χ0) is 19.9. The number of carbonyl (C=O) groups excluding carboxylic acids is 1. The number of nitrogens with zero attached hydrogens (tertiary/aromatic N) is 3. The summed E-state index contributed by atoms with van der Waals surface area (Å²) in [7, 11) is 1.74. The zero-order valence-electron chi connectivity index (χ0n) is 15.7. The molecule has 0 radical (unpaired) electrons. The number of hydrogen-bond acceptors (Lipinski definition) is 3. The van der Waals surface area contributed by atoms with Crippen molar-refractivity contribution in [2.75, 3.05) is 5.32 Å². The third-order valence-electron chi connectivity index (χ3n) is 4.73. The fourth-order valence-electron chi connectivity index (χ4n) is 3.08. The fourth-order valence-corrected chi connectivity index (χ4v) is 3.08. The van der Waals surface area contributed by atoms with Crippen molar-refractivity contribution in [2.24, 2.45) is 7.05 Å². The number of aromatic nitrogens is 3. The van der Waals surface area contributed by atoms with E-state index in [1.54, 1.807) is 43.7 Å². The Labute approximate surface area is 154 Å². The fraction of sp³-hybridized carbons (Fsp3) is 0.316. The number of carbonyl (C=O) groups is 1. The van der Waals surface area contributed by atoms with Gasteiger partial charge in [-0.3, -0.25) is 18.7 Å². The maximum Gasteiger partial charge on any atom is 0.332 e. The molecule has 0 saturated heterocycles. The molecule has 0 aliphatic rings. The molecule has 8 heteroatoms. The quantitative estimate of drug-likeness (QED) is 0.760. The Kier molecular flexibility index (Phi) is 4.73. The highest BCUT2D eigenvalue weighted by atomic mass is 19.1. The van der Waals surface area contributed by atoms with E-state index in [9.17, 15) is 18.8 Å². The van der Waals surface area contributed by atoms with Crippen molar-refractivity contribution < 1.29 is 9.18 Å². The van der Waals surface area contributed by atoms with E-state index in [1.807, 2.05) is 6.92 Å². The molecule has 0 atom stereocenters. The van der Waals surface area contributed by atoms with Gasteiger partial charge in [0.05, 0.1) is 5.52 Å². The minimum Gasteiger partial charge on any atom is -0.342 e. The molecule has 27 heavy (non-hydrogen) atoms. The lowest BCUT2D eigenvalue weighted by Gasteiger charge is -2.12. The van der Waals surface area contributed by atoms with Gasteiger partial charge in [0.2, 0.25) is 5.91 Å². The van der Waals surface area contributed by atoms with Crippen molar-refractivity contribution in [3.8, 4) is 0 Å². The van der Waals surface area contributed by atoms with Gasteiger partial charge in [0.1, 0.15) is 17.9 Å². The number of anilines is 1. The van der Waals surface area contributed by atoms with Gasteiger partial charge in [-0.25, -0.2) is 9.18 Å². The highest BCUT2D eigenvalue weighted by Gasteiger charge is 2.18. The highest BCUT2D eigenvalue weighted by Crippen LogP contribution is 2.15. The number of halogens is 1. The van der Waals surface area contributed by atoms with E-state index in [4.69, 9.17) is 0 Å². The second-order valence-corrected chi connectivity index (χ2v) is 6.51. The van der Waals surface area contributed by atoms with E-state index in [1.165, 1.54) is 10.6 Å². The molecule has 1 amide bonds. The van der Waals surface area contributed by atoms with Gasteiger partial charge in [-0.05, 0) is 44.5 Å². The van der Waals surface area contributed by atoms with Crippen LogP contribution in [-0.4, -0.2) is 19.6 Å². The lowest BCUT2D eigenvalue weighted by Crippen LogP contribution is -2.41. The molecule has 0 spiro atoms. The maximum absolute atomic E-state index is 13.7. The van der Waals surface area contributed by atoms with Gasteiger partial charge in [0.25, 0.3) is 5.56 Å². The van der Waals surface area contributed by atoms with E-state index >= 15 is 0 Å². The molecule has 2 heterocycles. The third-order valence-corrected chi connectivity index (χ3v) is 4.73. The van der Waals surface area contributed by atoms with Crippen molar-refractivity contribution >= 4 is 22.6 Å². The van der Waals surface area contributed by atoms with Crippen molar-refractivity contribution in [2.45, 2.75) is 33.9 Å². The maximum atomic E-state index is 13.7. The molecule has 0 aliphatic carbocycles. The Hall–Kier alpha value is -3.16. The van der Waals surface area contributed by atoms with Gasteiger partial charge in [0, 0.05) is 25.0 Å². The third kappa shape index (κ3) is 3.18. The molecule has 1 N–H and O–H groups in total. The van der Waals surface area contributed by atoms with Crippen LogP contribution in [0.2, 0.25) is 0 Å². The highest BCUT2D eigenvalue weighted by molar-refractivity contribution is 5.91. The van der Waals surface area contributed by atoms with Crippen molar-refractivity contribution in [3.63, 3.8) is 0 Å². The summed E-state index contributed by atoms with van der Waals surface area (Å²) >= 11 is 0. The van der Waals surface area contributed by atoms with Crippen molar-refractivity contribution in [3.05, 3.63) is 62.2 Å². The number of aryl methyl sites for hydroxylation is 3. The van der Waals surface area contributed by atoms with E-state index in [2.05, 4.69) is 5.32 Å². The Morgan fingerprint density at radius 2 is 1.85 bits per heavy atom. The number of fused-ring (bicyclic) bond motifs is 1. The first-order valence-corrected chi connectivity index (χ1v) is 8.60. The molecule has 0 saturated carbocycles. The second-order valence-electron chi connectivity index (χ2n) is 6.51. The van der Waals surface area contributed by atoms with Crippen LogP contribution in [0.5, 0.6) is 0 Å². The van der Waals surface area contributed by atoms with Gasteiger partial charge >= 0.3 is 5.69 Å². The van der Waals surface area contributed by atoms with E-state index < -0.39 is 17.4 Å². The average molecular weight is 372 g/mol. The Bertz CT molecular complexity index is 1170. The summed E-state index contributed by atoms with van der Waals surface area (Å²) in [6, 6.07) is 6.09. The van der Waals surface area contributed by atoms with E-state index in [-0.39, 0.29) is 18.6 Å². The summed E-state index contributed by atoms with van der Waals surface area (Å²) in [5.74, 6) is -0.907. The lowest BCUT2D eigenvalue weighted by atomic mass is 10.2. The predicted molar refractivity (Wildman–Crippen MR) is 102 cm³/mol. The first kappa shape index (κ1) is 18.6. The van der Waals surface area contributed by atoms with Crippen LogP contribution in [0.15, 0.2) is 33.9 Å². The lowest BCUT2D eigenvalue weighted by molar-refractivity contribution is -0.116. The smallest absolute Gasteiger partial charge is 0.332 e. The van der Waals surface area contributed by atoms with Crippen LogP contribution in [0.1, 0.15) is 18.2 Å². The first-order chi connectivity index (χ1) is 12.7. The summed E-state index contributed by atoms with van der Waals surface area (Å²) in [5, 5.41) is 2.59. The Morgan fingerprint density at radius 3 is 2.48 bits per heavy atom. The Morgan fingerprint density at radius 1 is 1.15 bits per heavy atom. The molecule has 0 fully saturated rings. The number of nitrogens with one attached hydrogen (secondary N) is 1. The van der Waals surface area contributed by atoms with Crippen LogP contribution in [0.4, 0.5) is 10.1 Å². The molecule has 0 aliphatic heterocycles. The van der Waals surface area contributed by atoms with E-state index in [0.29, 0.717) is 22.3 Å². The average Bonchev–Trinajstić information content (AvgIpc) is 2.91. The largest absolute Gasteiger partial charge is 0.342 e. The molecular formula is C19H21FN4O3. The summed E-state index contributed by atoms with van der Waals surface area (Å²) in [5.41, 5.74) is 1.41. The van der Waals surface area contributed by atoms with Crippen LogP contribution in [0.25, 0.3) is 11.0 Å².